The third kappa shape index (κ3) is 2.63. The van der Waals surface area contributed by atoms with E-state index in [4.69, 9.17) is 23.2 Å². The van der Waals surface area contributed by atoms with Crippen LogP contribution in [0.25, 0.3) is 0 Å². The van der Waals surface area contributed by atoms with Gasteiger partial charge in [0.15, 0.2) is 0 Å². The summed E-state index contributed by atoms with van der Waals surface area (Å²) in [5, 5.41) is 7.22. The molecule has 1 aromatic carbocycles. The van der Waals surface area contributed by atoms with E-state index in [0.717, 1.165) is 24.8 Å². The van der Waals surface area contributed by atoms with Gasteiger partial charge in [-0.2, -0.15) is 5.10 Å². The molecule has 1 saturated carbocycles. The van der Waals surface area contributed by atoms with Gasteiger partial charge in [-0.15, -0.1) is 0 Å². The molecular weight excluding hydrogens is 283 g/mol. The highest BCUT2D eigenvalue weighted by molar-refractivity contribution is 6.35. The van der Waals surface area contributed by atoms with E-state index in [-0.39, 0.29) is 5.91 Å². The van der Waals surface area contributed by atoms with Crippen LogP contribution >= 0.6 is 23.2 Å². The van der Waals surface area contributed by atoms with Gasteiger partial charge in [-0.1, -0.05) is 29.3 Å². The number of carbonyl (C=O) groups is 1. The summed E-state index contributed by atoms with van der Waals surface area (Å²) in [5.41, 5.74) is 2.05. The van der Waals surface area contributed by atoms with Gasteiger partial charge < -0.3 is 0 Å². The molecule has 1 unspecified atom stereocenters. The van der Waals surface area contributed by atoms with Crippen LogP contribution in [0, 0.1) is 5.92 Å². The Morgan fingerprint density at radius 1 is 1.37 bits per heavy atom. The number of nitrogens with zero attached hydrogens (tertiary/aromatic N) is 2. The molecular formula is C14H14Cl2N2O. The van der Waals surface area contributed by atoms with E-state index in [9.17, 15) is 4.79 Å². The van der Waals surface area contributed by atoms with Crippen molar-refractivity contribution in [1.29, 1.82) is 0 Å². The fourth-order valence-electron chi connectivity index (χ4n) is 2.71. The maximum atomic E-state index is 12.1. The number of hydrazone groups is 1. The SMILES string of the molecule is O=C1CC2CCCC2=NN1Cc1ccc(Cl)cc1Cl. The molecule has 19 heavy (non-hydrogen) atoms. The van der Waals surface area contributed by atoms with Gasteiger partial charge in [-0.25, -0.2) is 5.01 Å². The lowest BCUT2D eigenvalue weighted by Crippen LogP contribution is -2.34. The Labute approximate surface area is 122 Å². The fourth-order valence-corrected chi connectivity index (χ4v) is 3.18. The highest BCUT2D eigenvalue weighted by Gasteiger charge is 2.32. The summed E-state index contributed by atoms with van der Waals surface area (Å²) >= 11 is 12.0. The summed E-state index contributed by atoms with van der Waals surface area (Å²) in [4.78, 5) is 12.1. The first-order valence-corrected chi connectivity index (χ1v) is 7.21. The van der Waals surface area contributed by atoms with Crippen molar-refractivity contribution in [2.24, 2.45) is 11.0 Å². The van der Waals surface area contributed by atoms with Crippen LogP contribution in [0.3, 0.4) is 0 Å². The zero-order valence-electron chi connectivity index (χ0n) is 10.4. The van der Waals surface area contributed by atoms with Crippen LogP contribution in [-0.4, -0.2) is 16.6 Å². The molecule has 0 bridgehead atoms. The molecule has 0 radical (unpaired) electrons. The minimum absolute atomic E-state index is 0.0849. The van der Waals surface area contributed by atoms with Crippen LogP contribution in [0.1, 0.15) is 31.2 Å². The van der Waals surface area contributed by atoms with Gasteiger partial charge in [0.05, 0.1) is 6.54 Å². The first-order chi connectivity index (χ1) is 9.13. The maximum Gasteiger partial charge on any atom is 0.243 e. The van der Waals surface area contributed by atoms with E-state index in [1.54, 1.807) is 17.1 Å². The van der Waals surface area contributed by atoms with Gasteiger partial charge in [0.2, 0.25) is 5.91 Å². The Balaban J connectivity index is 1.82. The van der Waals surface area contributed by atoms with E-state index >= 15 is 0 Å². The highest BCUT2D eigenvalue weighted by Crippen LogP contribution is 2.31. The lowest BCUT2D eigenvalue weighted by Gasteiger charge is -2.26. The molecule has 0 spiro atoms. The highest BCUT2D eigenvalue weighted by atomic mass is 35.5. The Bertz CT molecular complexity index is 556. The average Bonchev–Trinajstić information content (AvgIpc) is 2.80. The molecule has 3 rings (SSSR count). The first kappa shape index (κ1) is 12.9. The van der Waals surface area contributed by atoms with Crippen LogP contribution in [-0.2, 0) is 11.3 Å². The first-order valence-electron chi connectivity index (χ1n) is 6.45. The number of hydrogen-bond acceptors (Lipinski definition) is 2. The van der Waals surface area contributed by atoms with Crippen molar-refractivity contribution in [1.82, 2.24) is 5.01 Å². The summed E-state index contributed by atoms with van der Waals surface area (Å²) in [7, 11) is 0. The number of benzene rings is 1. The molecule has 1 fully saturated rings. The Morgan fingerprint density at radius 3 is 3.00 bits per heavy atom. The average molecular weight is 297 g/mol. The quantitative estimate of drug-likeness (QED) is 0.815. The van der Waals surface area contributed by atoms with E-state index < -0.39 is 0 Å². The van der Waals surface area contributed by atoms with Gasteiger partial charge in [-0.05, 0) is 37.0 Å². The Kier molecular flexibility index (Phi) is 3.50. The molecule has 0 aromatic heterocycles. The molecule has 3 nitrogen and oxygen atoms in total. The molecule has 5 heteroatoms. The molecule has 1 amide bonds. The number of amides is 1. The lowest BCUT2D eigenvalue weighted by molar-refractivity contribution is -0.133. The summed E-state index contributed by atoms with van der Waals surface area (Å²) in [6.07, 6.45) is 3.85. The number of halogens is 2. The molecule has 0 saturated heterocycles. The van der Waals surface area contributed by atoms with Gasteiger partial charge in [0.1, 0.15) is 0 Å². The minimum atomic E-state index is 0.0849. The van der Waals surface area contributed by atoms with Gasteiger partial charge >= 0.3 is 0 Å². The fraction of sp³-hybridized carbons (Fsp3) is 0.429. The van der Waals surface area contributed by atoms with E-state index in [0.29, 0.717) is 28.9 Å². The van der Waals surface area contributed by atoms with Crippen LogP contribution in [0.5, 0.6) is 0 Å². The molecule has 0 N–H and O–H groups in total. The molecule has 1 heterocycles. The predicted octanol–water partition coefficient (Wildman–Crippen LogP) is 3.88. The number of carbonyl (C=O) groups excluding carboxylic acids is 1. The third-order valence-electron chi connectivity index (χ3n) is 3.75. The van der Waals surface area contributed by atoms with Gasteiger partial charge in [-0.3, -0.25) is 4.79 Å². The zero-order valence-corrected chi connectivity index (χ0v) is 11.9. The number of rotatable bonds is 2. The largest absolute Gasteiger partial charge is 0.273 e. The zero-order chi connectivity index (χ0) is 13.4. The standard InChI is InChI=1S/C14H14Cl2N2O/c15-11-5-4-10(12(16)7-11)8-18-14(19)6-9-2-1-3-13(9)17-18/h4-5,7,9H,1-3,6,8H2. The number of fused-ring (bicyclic) bond motifs is 1. The Morgan fingerprint density at radius 2 is 2.21 bits per heavy atom. The second-order valence-corrected chi connectivity index (χ2v) is 5.92. The molecule has 1 atom stereocenters. The van der Waals surface area contributed by atoms with Crippen LogP contribution in [0.15, 0.2) is 23.3 Å². The van der Waals surface area contributed by atoms with Crippen LogP contribution in [0.4, 0.5) is 0 Å². The van der Waals surface area contributed by atoms with Gasteiger partial charge in [0.25, 0.3) is 0 Å². The Hall–Kier alpha value is -1.06. The van der Waals surface area contributed by atoms with Crippen LogP contribution in [0.2, 0.25) is 10.0 Å². The normalized spacial score (nSPS) is 22.4. The van der Waals surface area contributed by atoms with Crippen molar-refractivity contribution < 1.29 is 4.79 Å². The minimum Gasteiger partial charge on any atom is -0.273 e. The summed E-state index contributed by atoms with van der Waals surface area (Å²) < 4.78 is 0. The van der Waals surface area contributed by atoms with E-state index in [1.165, 1.54) is 5.71 Å². The topological polar surface area (TPSA) is 32.7 Å². The smallest absolute Gasteiger partial charge is 0.243 e. The number of hydrogen-bond donors (Lipinski definition) is 0. The van der Waals surface area contributed by atoms with Crippen molar-refractivity contribution in [3.63, 3.8) is 0 Å². The van der Waals surface area contributed by atoms with Gasteiger partial charge in [0, 0.05) is 28.1 Å². The van der Waals surface area contributed by atoms with Crippen molar-refractivity contribution in [3.8, 4) is 0 Å². The summed E-state index contributed by atoms with van der Waals surface area (Å²) in [6, 6.07) is 5.32. The van der Waals surface area contributed by atoms with Crippen molar-refractivity contribution >= 4 is 34.8 Å². The molecule has 1 aliphatic heterocycles. The summed E-state index contributed by atoms with van der Waals surface area (Å²) in [6.45, 7) is 0.422. The second-order valence-electron chi connectivity index (χ2n) is 5.07. The molecule has 1 aliphatic carbocycles. The molecule has 100 valence electrons. The lowest BCUT2D eigenvalue weighted by atomic mass is 10.0. The van der Waals surface area contributed by atoms with Crippen molar-refractivity contribution in [2.75, 3.05) is 0 Å². The van der Waals surface area contributed by atoms with Crippen molar-refractivity contribution in [2.45, 2.75) is 32.2 Å². The molecule has 2 aliphatic rings. The summed E-state index contributed by atoms with van der Waals surface area (Å²) in [5.74, 6) is 0.464. The van der Waals surface area contributed by atoms with E-state index in [1.807, 2.05) is 6.07 Å². The maximum absolute atomic E-state index is 12.1. The monoisotopic (exact) mass is 296 g/mol. The second kappa shape index (κ2) is 5.14. The van der Waals surface area contributed by atoms with Crippen LogP contribution < -0.4 is 0 Å². The third-order valence-corrected chi connectivity index (χ3v) is 4.34. The predicted molar refractivity (Wildman–Crippen MR) is 76.4 cm³/mol. The van der Waals surface area contributed by atoms with Crippen molar-refractivity contribution in [3.05, 3.63) is 33.8 Å². The van der Waals surface area contributed by atoms with E-state index in [2.05, 4.69) is 5.10 Å². The molecule has 1 aromatic rings.